The van der Waals surface area contributed by atoms with Crippen LogP contribution in [-0.4, -0.2) is 26.8 Å². The highest BCUT2D eigenvalue weighted by Crippen LogP contribution is 2.41. The summed E-state index contributed by atoms with van der Waals surface area (Å²) < 4.78 is 21.7. The first-order valence-corrected chi connectivity index (χ1v) is 9.47. The quantitative estimate of drug-likeness (QED) is 0.418. The summed E-state index contributed by atoms with van der Waals surface area (Å²) in [5.41, 5.74) is 8.50. The molecule has 0 saturated carbocycles. The molecule has 0 aliphatic heterocycles. The maximum atomic E-state index is 12.8. The van der Waals surface area contributed by atoms with Crippen molar-refractivity contribution in [3.05, 3.63) is 54.1 Å². The lowest BCUT2D eigenvalue weighted by atomic mass is 9.97. The minimum Gasteiger partial charge on any atom is -0.497 e. The van der Waals surface area contributed by atoms with Gasteiger partial charge in [0.15, 0.2) is 0 Å². The van der Waals surface area contributed by atoms with Crippen LogP contribution in [0.25, 0.3) is 22.5 Å². The number of carbonyl (C=O) groups is 1. The number of rotatable bonds is 8. The zero-order chi connectivity index (χ0) is 20.8. The molecule has 0 fully saturated rings. The molecule has 6 heteroatoms. The summed E-state index contributed by atoms with van der Waals surface area (Å²) in [5, 5.41) is 0. The molecule has 2 N–H and O–H groups in total. The summed E-state index contributed by atoms with van der Waals surface area (Å²) in [6.45, 7) is 2.37. The third-order valence-corrected chi connectivity index (χ3v) is 4.60. The number of furan rings is 1. The molecule has 29 heavy (non-hydrogen) atoms. The van der Waals surface area contributed by atoms with Crippen molar-refractivity contribution in [2.45, 2.75) is 19.8 Å². The molecule has 6 nitrogen and oxygen atoms in total. The van der Waals surface area contributed by atoms with E-state index < -0.39 is 5.97 Å². The van der Waals surface area contributed by atoms with Gasteiger partial charge in [-0.3, -0.25) is 0 Å². The van der Waals surface area contributed by atoms with Gasteiger partial charge in [0.05, 0.1) is 20.8 Å². The second kappa shape index (κ2) is 9.19. The highest BCUT2D eigenvalue weighted by Gasteiger charge is 2.27. The number of nitrogen functional groups attached to an aromatic ring is 1. The first kappa shape index (κ1) is 20.3. The highest BCUT2D eigenvalue weighted by atomic mass is 16.5. The Morgan fingerprint density at radius 1 is 0.931 bits per heavy atom. The number of methoxy groups -OCH3 is 2. The normalized spacial score (nSPS) is 10.6. The van der Waals surface area contributed by atoms with Crippen LogP contribution in [0.15, 0.2) is 52.9 Å². The van der Waals surface area contributed by atoms with E-state index in [4.69, 9.17) is 24.4 Å². The summed E-state index contributed by atoms with van der Waals surface area (Å²) in [7, 11) is 3.21. The maximum absolute atomic E-state index is 12.8. The van der Waals surface area contributed by atoms with Crippen molar-refractivity contribution >= 4 is 11.9 Å². The number of anilines is 1. The molecule has 0 radical (unpaired) electrons. The van der Waals surface area contributed by atoms with E-state index in [2.05, 4.69) is 0 Å². The average Bonchev–Trinajstić information content (AvgIpc) is 3.11. The first-order chi connectivity index (χ1) is 14.1. The Hall–Kier alpha value is -3.41. The van der Waals surface area contributed by atoms with E-state index in [1.54, 1.807) is 14.2 Å². The van der Waals surface area contributed by atoms with E-state index in [1.807, 2.05) is 55.5 Å². The summed E-state index contributed by atoms with van der Waals surface area (Å²) in [4.78, 5) is 12.8. The third-order valence-electron chi connectivity index (χ3n) is 4.60. The highest BCUT2D eigenvalue weighted by molar-refractivity contribution is 6.05. The van der Waals surface area contributed by atoms with Crippen LogP contribution in [0.5, 0.6) is 11.5 Å². The summed E-state index contributed by atoms with van der Waals surface area (Å²) in [5.74, 6) is 1.47. The van der Waals surface area contributed by atoms with Crippen molar-refractivity contribution in [1.29, 1.82) is 0 Å². The number of nitrogens with two attached hydrogens (primary N) is 1. The van der Waals surface area contributed by atoms with Gasteiger partial charge in [0.1, 0.15) is 22.8 Å². The van der Waals surface area contributed by atoms with E-state index in [9.17, 15) is 4.79 Å². The van der Waals surface area contributed by atoms with Crippen molar-refractivity contribution < 1.29 is 23.4 Å². The second-order valence-corrected chi connectivity index (χ2v) is 6.49. The standard InChI is InChI=1S/C23H25NO5/c1-4-5-14-28-23(25)20-19(15-6-10-17(26-2)11-7-15)21(29-22(20)24)16-8-12-18(27-3)13-9-16/h6-13H,4-5,14,24H2,1-3H3. The van der Waals surface area contributed by atoms with Crippen LogP contribution in [0.3, 0.4) is 0 Å². The van der Waals surface area contributed by atoms with Crippen LogP contribution in [-0.2, 0) is 4.74 Å². The Bertz CT molecular complexity index is 958. The lowest BCUT2D eigenvalue weighted by Gasteiger charge is -2.09. The molecule has 0 atom stereocenters. The summed E-state index contributed by atoms with van der Waals surface area (Å²) in [6.07, 6.45) is 1.71. The molecule has 1 aromatic heterocycles. The van der Waals surface area contributed by atoms with Crippen LogP contribution in [0, 0.1) is 0 Å². The fourth-order valence-corrected chi connectivity index (χ4v) is 3.01. The van der Waals surface area contributed by atoms with E-state index in [0.29, 0.717) is 23.7 Å². The zero-order valence-electron chi connectivity index (χ0n) is 16.9. The molecular weight excluding hydrogens is 370 g/mol. The van der Waals surface area contributed by atoms with Gasteiger partial charge in [-0.15, -0.1) is 0 Å². The lowest BCUT2D eigenvalue weighted by molar-refractivity contribution is 0.0501. The van der Waals surface area contributed by atoms with Crippen LogP contribution in [0.1, 0.15) is 30.1 Å². The molecule has 0 bridgehead atoms. The van der Waals surface area contributed by atoms with Gasteiger partial charge in [-0.1, -0.05) is 25.5 Å². The van der Waals surface area contributed by atoms with Crippen molar-refractivity contribution in [3.8, 4) is 33.9 Å². The van der Waals surface area contributed by atoms with Crippen LogP contribution < -0.4 is 15.2 Å². The Kier molecular flexibility index (Phi) is 6.44. The molecule has 0 saturated heterocycles. The fourth-order valence-electron chi connectivity index (χ4n) is 3.01. The van der Waals surface area contributed by atoms with Gasteiger partial charge in [0, 0.05) is 11.1 Å². The lowest BCUT2D eigenvalue weighted by Crippen LogP contribution is -2.09. The van der Waals surface area contributed by atoms with Gasteiger partial charge in [-0.2, -0.15) is 0 Å². The van der Waals surface area contributed by atoms with Gasteiger partial charge in [0.25, 0.3) is 0 Å². The smallest absolute Gasteiger partial charge is 0.344 e. The van der Waals surface area contributed by atoms with Gasteiger partial charge in [0.2, 0.25) is 5.88 Å². The minimum absolute atomic E-state index is 0.0307. The number of esters is 1. The number of unbranched alkanes of at least 4 members (excludes halogenated alkanes) is 1. The van der Waals surface area contributed by atoms with E-state index in [1.165, 1.54) is 0 Å². The Morgan fingerprint density at radius 3 is 2.00 bits per heavy atom. The van der Waals surface area contributed by atoms with Crippen molar-refractivity contribution in [1.82, 2.24) is 0 Å². The van der Waals surface area contributed by atoms with Crippen molar-refractivity contribution in [2.75, 3.05) is 26.6 Å². The van der Waals surface area contributed by atoms with Crippen molar-refractivity contribution in [3.63, 3.8) is 0 Å². The third kappa shape index (κ3) is 4.37. The predicted molar refractivity (Wildman–Crippen MR) is 112 cm³/mol. The first-order valence-electron chi connectivity index (χ1n) is 9.47. The van der Waals surface area contributed by atoms with Crippen LogP contribution in [0.2, 0.25) is 0 Å². The molecule has 1 heterocycles. The number of hydrogen-bond donors (Lipinski definition) is 1. The number of hydrogen-bond acceptors (Lipinski definition) is 6. The van der Waals surface area contributed by atoms with Crippen LogP contribution in [0.4, 0.5) is 5.88 Å². The molecule has 0 aliphatic carbocycles. The Balaban J connectivity index is 2.11. The molecule has 0 amide bonds. The molecule has 2 aromatic carbocycles. The molecule has 0 spiro atoms. The van der Waals surface area contributed by atoms with Gasteiger partial charge in [-0.05, 0) is 48.4 Å². The summed E-state index contributed by atoms with van der Waals surface area (Å²) >= 11 is 0. The Labute approximate surface area is 170 Å². The SMILES string of the molecule is CCCCOC(=O)c1c(N)oc(-c2ccc(OC)cc2)c1-c1ccc(OC)cc1. The number of benzene rings is 2. The average molecular weight is 395 g/mol. The maximum Gasteiger partial charge on any atom is 0.344 e. The molecular formula is C23H25NO5. The number of carbonyl (C=O) groups excluding carboxylic acids is 1. The molecule has 0 aliphatic rings. The van der Waals surface area contributed by atoms with E-state index in [-0.39, 0.29) is 11.4 Å². The van der Waals surface area contributed by atoms with E-state index in [0.717, 1.165) is 29.7 Å². The van der Waals surface area contributed by atoms with E-state index >= 15 is 0 Å². The predicted octanol–water partition coefficient (Wildman–Crippen LogP) is 5.17. The van der Waals surface area contributed by atoms with Gasteiger partial charge in [-0.25, -0.2) is 4.79 Å². The fraction of sp³-hybridized carbons (Fsp3) is 0.261. The zero-order valence-corrected chi connectivity index (χ0v) is 16.9. The topological polar surface area (TPSA) is 83.9 Å². The second-order valence-electron chi connectivity index (χ2n) is 6.49. The molecule has 152 valence electrons. The molecule has 3 aromatic rings. The monoisotopic (exact) mass is 395 g/mol. The molecule has 0 unspecified atom stereocenters. The minimum atomic E-state index is -0.495. The summed E-state index contributed by atoms with van der Waals surface area (Å²) in [6, 6.07) is 14.7. The Morgan fingerprint density at radius 2 is 1.48 bits per heavy atom. The number of ether oxygens (including phenoxy) is 3. The van der Waals surface area contributed by atoms with Gasteiger partial charge < -0.3 is 24.4 Å². The molecule has 3 rings (SSSR count). The van der Waals surface area contributed by atoms with Crippen molar-refractivity contribution in [2.24, 2.45) is 0 Å². The van der Waals surface area contributed by atoms with Gasteiger partial charge >= 0.3 is 5.97 Å². The largest absolute Gasteiger partial charge is 0.497 e. The van der Waals surface area contributed by atoms with Crippen LogP contribution >= 0.6 is 0 Å².